The van der Waals surface area contributed by atoms with Crippen molar-refractivity contribution in [1.82, 2.24) is 4.90 Å². The first-order valence-electron chi connectivity index (χ1n) is 6.64. The van der Waals surface area contributed by atoms with Crippen LogP contribution in [0.25, 0.3) is 0 Å². The van der Waals surface area contributed by atoms with Gasteiger partial charge in [-0.3, -0.25) is 4.79 Å². The lowest BCUT2D eigenvalue weighted by atomic mass is 10.0. The molecule has 0 saturated heterocycles. The van der Waals surface area contributed by atoms with Crippen LogP contribution < -0.4 is 0 Å². The van der Waals surface area contributed by atoms with Crippen LogP contribution in [0.1, 0.15) is 37.7 Å². The van der Waals surface area contributed by atoms with Gasteiger partial charge in [0.05, 0.1) is 0 Å². The Morgan fingerprint density at radius 3 is 2.67 bits per heavy atom. The van der Waals surface area contributed by atoms with E-state index in [0.29, 0.717) is 12.5 Å². The second kappa shape index (κ2) is 6.37. The average molecular weight is 310 g/mol. The molecule has 0 spiro atoms. The summed E-state index contributed by atoms with van der Waals surface area (Å²) in [6, 6.07) is 8.08. The monoisotopic (exact) mass is 309 g/mol. The number of benzene rings is 1. The summed E-state index contributed by atoms with van der Waals surface area (Å²) >= 11 is 3.52. The van der Waals surface area contributed by atoms with Crippen molar-refractivity contribution in [3.05, 3.63) is 34.3 Å². The number of hydrogen-bond acceptors (Lipinski definition) is 1. The Labute approximate surface area is 117 Å². The van der Waals surface area contributed by atoms with Crippen LogP contribution in [0, 0.1) is 5.92 Å². The van der Waals surface area contributed by atoms with Crippen LogP contribution in [0.4, 0.5) is 0 Å². The molecule has 0 atom stereocenters. The summed E-state index contributed by atoms with van der Waals surface area (Å²) in [5.74, 6) is 0.900. The molecule has 3 heteroatoms. The summed E-state index contributed by atoms with van der Waals surface area (Å²) in [7, 11) is 1.90. The summed E-state index contributed by atoms with van der Waals surface area (Å²) in [4.78, 5) is 14.0. The molecule has 0 radical (unpaired) electrons. The van der Waals surface area contributed by atoms with Crippen LogP contribution in [0.3, 0.4) is 0 Å². The smallest absolute Gasteiger partial charge is 0.222 e. The second-order valence-corrected chi connectivity index (χ2v) is 6.05. The molecule has 2 rings (SSSR count). The minimum absolute atomic E-state index is 0.276. The van der Waals surface area contributed by atoms with E-state index in [2.05, 4.69) is 22.0 Å². The topological polar surface area (TPSA) is 20.3 Å². The van der Waals surface area contributed by atoms with Crippen molar-refractivity contribution < 1.29 is 4.79 Å². The molecule has 1 aromatic carbocycles. The number of halogens is 1. The van der Waals surface area contributed by atoms with E-state index in [1.54, 1.807) is 0 Å². The van der Waals surface area contributed by atoms with Gasteiger partial charge >= 0.3 is 0 Å². The van der Waals surface area contributed by atoms with E-state index in [-0.39, 0.29) is 5.91 Å². The molecular formula is C15H20BrNO. The molecule has 0 unspecified atom stereocenters. The SMILES string of the molecule is CN(Cc1ccccc1Br)C(=O)CC1CCCC1. The van der Waals surface area contributed by atoms with Crippen LogP contribution in [0.5, 0.6) is 0 Å². The lowest BCUT2D eigenvalue weighted by Gasteiger charge is -2.20. The Kier molecular flexibility index (Phi) is 4.81. The van der Waals surface area contributed by atoms with Crippen molar-refractivity contribution in [3.63, 3.8) is 0 Å². The van der Waals surface area contributed by atoms with Gasteiger partial charge in [-0.2, -0.15) is 0 Å². The normalized spacial score (nSPS) is 15.9. The van der Waals surface area contributed by atoms with Crippen molar-refractivity contribution in [2.24, 2.45) is 5.92 Å². The predicted octanol–water partition coefficient (Wildman–Crippen LogP) is 3.99. The zero-order chi connectivity index (χ0) is 13.0. The van der Waals surface area contributed by atoms with Crippen LogP contribution in [-0.2, 0) is 11.3 Å². The largest absolute Gasteiger partial charge is 0.341 e. The third-order valence-corrected chi connectivity index (χ3v) is 4.50. The standard InChI is InChI=1S/C15H20BrNO/c1-17(11-13-8-4-5-9-14(13)16)15(18)10-12-6-2-3-7-12/h4-5,8-9,12H,2-3,6-7,10-11H2,1H3. The van der Waals surface area contributed by atoms with Crippen molar-refractivity contribution in [3.8, 4) is 0 Å². The van der Waals surface area contributed by atoms with E-state index in [9.17, 15) is 4.79 Å². The third kappa shape index (κ3) is 3.58. The molecule has 1 aliphatic rings. The molecule has 1 saturated carbocycles. The highest BCUT2D eigenvalue weighted by atomic mass is 79.9. The Morgan fingerprint density at radius 2 is 2.00 bits per heavy atom. The molecule has 1 aromatic rings. The van der Waals surface area contributed by atoms with E-state index in [4.69, 9.17) is 0 Å². The van der Waals surface area contributed by atoms with Gasteiger partial charge in [-0.05, 0) is 30.4 Å². The van der Waals surface area contributed by atoms with E-state index in [1.165, 1.54) is 31.2 Å². The molecule has 0 aliphatic heterocycles. The van der Waals surface area contributed by atoms with Gasteiger partial charge in [0.15, 0.2) is 0 Å². The van der Waals surface area contributed by atoms with Crippen molar-refractivity contribution >= 4 is 21.8 Å². The van der Waals surface area contributed by atoms with Gasteiger partial charge in [0.25, 0.3) is 0 Å². The Balaban J connectivity index is 1.89. The number of carbonyl (C=O) groups is 1. The van der Waals surface area contributed by atoms with E-state index >= 15 is 0 Å². The van der Waals surface area contributed by atoms with E-state index in [1.807, 2.05) is 30.1 Å². The first kappa shape index (κ1) is 13.6. The van der Waals surface area contributed by atoms with Crippen molar-refractivity contribution in [1.29, 1.82) is 0 Å². The van der Waals surface area contributed by atoms with Gasteiger partial charge in [-0.15, -0.1) is 0 Å². The fourth-order valence-electron chi connectivity index (χ4n) is 2.59. The summed E-state index contributed by atoms with van der Waals surface area (Å²) in [5, 5.41) is 0. The number of amides is 1. The van der Waals surface area contributed by atoms with Gasteiger partial charge in [0, 0.05) is 24.5 Å². The van der Waals surface area contributed by atoms with Crippen molar-refractivity contribution in [2.75, 3.05) is 7.05 Å². The van der Waals surface area contributed by atoms with E-state index in [0.717, 1.165) is 10.9 Å². The van der Waals surface area contributed by atoms with Crippen LogP contribution in [0.15, 0.2) is 28.7 Å². The van der Waals surface area contributed by atoms with Crippen molar-refractivity contribution in [2.45, 2.75) is 38.6 Å². The van der Waals surface area contributed by atoms with Gasteiger partial charge in [0.1, 0.15) is 0 Å². The fraction of sp³-hybridized carbons (Fsp3) is 0.533. The Bertz CT molecular complexity index is 413. The quantitative estimate of drug-likeness (QED) is 0.823. The van der Waals surface area contributed by atoms with Crippen LogP contribution in [-0.4, -0.2) is 17.9 Å². The highest BCUT2D eigenvalue weighted by Crippen LogP contribution is 2.28. The molecule has 2 nitrogen and oxygen atoms in total. The highest BCUT2D eigenvalue weighted by Gasteiger charge is 2.20. The summed E-state index contributed by atoms with van der Waals surface area (Å²) < 4.78 is 1.07. The second-order valence-electron chi connectivity index (χ2n) is 5.20. The van der Waals surface area contributed by atoms with Gasteiger partial charge in [-0.1, -0.05) is 47.0 Å². The molecule has 1 aliphatic carbocycles. The zero-order valence-electron chi connectivity index (χ0n) is 10.9. The molecule has 18 heavy (non-hydrogen) atoms. The first-order valence-corrected chi connectivity index (χ1v) is 7.43. The Hall–Kier alpha value is -0.830. The Morgan fingerprint density at radius 1 is 1.33 bits per heavy atom. The number of carbonyl (C=O) groups excluding carboxylic acids is 1. The average Bonchev–Trinajstić information content (AvgIpc) is 2.84. The number of rotatable bonds is 4. The minimum atomic E-state index is 0.276. The third-order valence-electron chi connectivity index (χ3n) is 3.73. The lowest BCUT2D eigenvalue weighted by molar-refractivity contribution is -0.131. The van der Waals surface area contributed by atoms with E-state index < -0.39 is 0 Å². The molecule has 98 valence electrons. The maximum absolute atomic E-state index is 12.1. The maximum Gasteiger partial charge on any atom is 0.222 e. The highest BCUT2D eigenvalue weighted by molar-refractivity contribution is 9.10. The summed E-state index contributed by atoms with van der Waals surface area (Å²) in [5.41, 5.74) is 1.17. The minimum Gasteiger partial charge on any atom is -0.341 e. The number of nitrogens with zero attached hydrogens (tertiary/aromatic N) is 1. The molecule has 0 bridgehead atoms. The maximum atomic E-state index is 12.1. The molecule has 0 N–H and O–H groups in total. The number of hydrogen-bond donors (Lipinski definition) is 0. The van der Waals surface area contributed by atoms with Gasteiger partial charge in [0.2, 0.25) is 5.91 Å². The van der Waals surface area contributed by atoms with Gasteiger partial charge < -0.3 is 4.90 Å². The molecule has 0 heterocycles. The molecule has 1 amide bonds. The summed E-state index contributed by atoms with van der Waals surface area (Å²) in [6.07, 6.45) is 5.78. The lowest BCUT2D eigenvalue weighted by Crippen LogP contribution is -2.27. The first-order chi connectivity index (χ1) is 8.66. The fourth-order valence-corrected chi connectivity index (χ4v) is 3.00. The molecule has 0 aromatic heterocycles. The molecule has 1 fully saturated rings. The van der Waals surface area contributed by atoms with Crippen LogP contribution in [0.2, 0.25) is 0 Å². The predicted molar refractivity (Wildman–Crippen MR) is 77.2 cm³/mol. The van der Waals surface area contributed by atoms with Gasteiger partial charge in [-0.25, -0.2) is 0 Å². The van der Waals surface area contributed by atoms with Crippen LogP contribution >= 0.6 is 15.9 Å². The molecular weight excluding hydrogens is 290 g/mol. The zero-order valence-corrected chi connectivity index (χ0v) is 12.4. The summed E-state index contributed by atoms with van der Waals surface area (Å²) in [6.45, 7) is 0.687.